The van der Waals surface area contributed by atoms with Gasteiger partial charge in [0.15, 0.2) is 0 Å². The molecular formula is C36H31N5. The molecule has 4 aromatic rings. The van der Waals surface area contributed by atoms with Crippen molar-refractivity contribution in [2.24, 2.45) is 0 Å². The second-order valence-electron chi connectivity index (χ2n) is 10.8. The first-order valence-corrected chi connectivity index (χ1v) is 14.3. The van der Waals surface area contributed by atoms with Crippen LogP contribution in [0.1, 0.15) is 40.6 Å². The lowest BCUT2D eigenvalue weighted by Gasteiger charge is -2.41. The number of benzene rings is 4. The Hall–Kier alpha value is -5.16. The molecule has 0 saturated heterocycles. The molecule has 0 aromatic heterocycles. The highest BCUT2D eigenvalue weighted by atomic mass is 15.4. The zero-order chi connectivity index (χ0) is 27.2. The van der Waals surface area contributed by atoms with E-state index >= 15 is 0 Å². The second kappa shape index (κ2) is 9.79. The molecule has 5 heteroatoms. The van der Waals surface area contributed by atoms with E-state index in [9.17, 15) is 0 Å². The highest BCUT2D eigenvalue weighted by Gasteiger charge is 2.40. The van der Waals surface area contributed by atoms with Crippen LogP contribution >= 0.6 is 0 Å². The second-order valence-corrected chi connectivity index (χ2v) is 10.8. The van der Waals surface area contributed by atoms with E-state index < -0.39 is 0 Å². The molecule has 0 spiro atoms. The van der Waals surface area contributed by atoms with Gasteiger partial charge in [0.05, 0.1) is 17.4 Å². The van der Waals surface area contributed by atoms with E-state index in [0.717, 1.165) is 12.2 Å². The largest absolute Gasteiger partial charge is 0.381 e. The number of allylic oxidation sites excluding steroid dienone is 4. The normalized spacial score (nSPS) is 21.4. The molecule has 200 valence electrons. The molecule has 0 fully saturated rings. The summed E-state index contributed by atoms with van der Waals surface area (Å²) >= 11 is 0. The maximum Gasteiger partial charge on any atom is 0.130 e. The van der Waals surface area contributed by atoms with Crippen molar-refractivity contribution >= 4 is 22.8 Å². The van der Waals surface area contributed by atoms with Gasteiger partial charge in [0.2, 0.25) is 0 Å². The summed E-state index contributed by atoms with van der Waals surface area (Å²) in [5.74, 6) is 0. The van der Waals surface area contributed by atoms with Gasteiger partial charge in [-0.1, -0.05) is 78.9 Å². The predicted molar refractivity (Wildman–Crippen MR) is 169 cm³/mol. The summed E-state index contributed by atoms with van der Waals surface area (Å²) in [6.07, 6.45) is 14.9. The van der Waals surface area contributed by atoms with Crippen LogP contribution in [0.15, 0.2) is 134 Å². The molecule has 8 rings (SSSR count). The highest BCUT2D eigenvalue weighted by molar-refractivity contribution is 5.81. The van der Waals surface area contributed by atoms with Crippen LogP contribution in [0.25, 0.3) is 16.8 Å². The van der Waals surface area contributed by atoms with E-state index in [1.54, 1.807) is 0 Å². The molecule has 4 aliphatic rings. The fourth-order valence-corrected chi connectivity index (χ4v) is 6.34. The van der Waals surface area contributed by atoms with Gasteiger partial charge in [-0.15, -0.1) is 0 Å². The molecule has 0 amide bonds. The Morgan fingerprint density at radius 1 is 0.659 bits per heavy atom. The first-order chi connectivity index (χ1) is 20.3. The lowest BCUT2D eigenvalue weighted by molar-refractivity contribution is 0.604. The minimum absolute atomic E-state index is 0.00809. The lowest BCUT2D eigenvalue weighted by Crippen LogP contribution is -2.40. The third-order valence-corrected chi connectivity index (χ3v) is 8.36. The van der Waals surface area contributed by atoms with Crippen molar-refractivity contribution in [2.75, 3.05) is 22.1 Å². The van der Waals surface area contributed by atoms with Gasteiger partial charge in [-0.25, -0.2) is 0 Å². The predicted octanol–water partition coefficient (Wildman–Crippen LogP) is 7.62. The monoisotopic (exact) mass is 533 g/mol. The summed E-state index contributed by atoms with van der Waals surface area (Å²) in [5, 5.41) is 14.6. The van der Waals surface area contributed by atoms with Gasteiger partial charge in [-0.3, -0.25) is 0 Å². The summed E-state index contributed by atoms with van der Waals surface area (Å²) in [4.78, 5) is 2.47. The first kappa shape index (κ1) is 23.7. The van der Waals surface area contributed by atoms with Crippen LogP contribution in [0.4, 0.5) is 17.1 Å². The van der Waals surface area contributed by atoms with Crippen molar-refractivity contribution in [1.82, 2.24) is 10.6 Å². The molecule has 5 nitrogen and oxygen atoms in total. The molecule has 3 unspecified atom stereocenters. The average molecular weight is 534 g/mol. The molecule has 4 N–H and O–H groups in total. The van der Waals surface area contributed by atoms with E-state index in [2.05, 4.69) is 148 Å². The van der Waals surface area contributed by atoms with Crippen LogP contribution < -0.4 is 26.2 Å². The van der Waals surface area contributed by atoms with Crippen molar-refractivity contribution in [3.63, 3.8) is 0 Å². The Morgan fingerprint density at radius 3 is 2.29 bits per heavy atom. The quantitative estimate of drug-likeness (QED) is 0.217. The fraction of sp³-hybridized carbons (Fsp3) is 0.111. The van der Waals surface area contributed by atoms with Crippen LogP contribution in [0.5, 0.6) is 0 Å². The molecule has 0 bridgehead atoms. The minimum Gasteiger partial charge on any atom is -0.381 e. The van der Waals surface area contributed by atoms with Gasteiger partial charge in [-0.05, 0) is 82.6 Å². The fourth-order valence-electron chi connectivity index (χ4n) is 6.34. The third kappa shape index (κ3) is 4.18. The van der Waals surface area contributed by atoms with E-state index in [4.69, 9.17) is 0 Å². The summed E-state index contributed by atoms with van der Waals surface area (Å²) in [6, 6.07) is 33.3. The van der Waals surface area contributed by atoms with Gasteiger partial charge in [0.1, 0.15) is 12.3 Å². The smallest absolute Gasteiger partial charge is 0.130 e. The van der Waals surface area contributed by atoms with Crippen molar-refractivity contribution in [3.8, 4) is 11.1 Å². The Morgan fingerprint density at radius 2 is 1.46 bits per heavy atom. The number of nitrogens with one attached hydrogen (secondary N) is 4. The number of hydrogen-bond donors (Lipinski definition) is 4. The summed E-state index contributed by atoms with van der Waals surface area (Å²) in [7, 11) is 0. The minimum atomic E-state index is 0.00809. The molecule has 4 aromatic carbocycles. The molecule has 41 heavy (non-hydrogen) atoms. The van der Waals surface area contributed by atoms with Crippen molar-refractivity contribution in [3.05, 3.63) is 156 Å². The average Bonchev–Trinajstić information content (AvgIpc) is 3.45. The standard InChI is InChI=1S/C36H31N5/c1-2-12-32-29(9-1)36-40-33-13-3-4-14-34(33)41(36)35(39-32)25-17-15-24(16-18-25)26-21-27(30-10-5-7-19-37-30)23-28(22-26)31-11-6-8-20-38-31/h1-19,21-23,30,35-40H,20H2. The van der Waals surface area contributed by atoms with Gasteiger partial charge in [-0.2, -0.15) is 0 Å². The van der Waals surface area contributed by atoms with Crippen LogP contribution in [0, 0.1) is 0 Å². The highest BCUT2D eigenvalue weighted by Crippen LogP contribution is 2.50. The number of rotatable bonds is 4. The van der Waals surface area contributed by atoms with Gasteiger partial charge < -0.3 is 26.2 Å². The molecule has 0 aliphatic carbocycles. The van der Waals surface area contributed by atoms with Crippen LogP contribution in [0.3, 0.4) is 0 Å². The van der Waals surface area contributed by atoms with E-state index in [1.165, 1.54) is 50.4 Å². The van der Waals surface area contributed by atoms with Gasteiger partial charge in [0.25, 0.3) is 0 Å². The zero-order valence-corrected chi connectivity index (χ0v) is 22.6. The van der Waals surface area contributed by atoms with E-state index in [-0.39, 0.29) is 18.4 Å². The number of anilines is 3. The maximum atomic E-state index is 3.83. The molecule has 0 radical (unpaired) electrons. The van der Waals surface area contributed by atoms with Crippen LogP contribution in [-0.2, 0) is 0 Å². The van der Waals surface area contributed by atoms with Crippen molar-refractivity contribution < 1.29 is 0 Å². The number of hydrogen-bond acceptors (Lipinski definition) is 5. The third-order valence-electron chi connectivity index (χ3n) is 8.36. The van der Waals surface area contributed by atoms with Crippen molar-refractivity contribution in [1.29, 1.82) is 0 Å². The summed E-state index contributed by atoms with van der Waals surface area (Å²) in [6.45, 7) is 0.845. The molecule has 0 saturated carbocycles. The number of nitrogens with zero attached hydrogens (tertiary/aromatic N) is 1. The van der Waals surface area contributed by atoms with Crippen LogP contribution in [-0.4, -0.2) is 6.54 Å². The van der Waals surface area contributed by atoms with E-state index in [1.807, 2.05) is 12.3 Å². The lowest BCUT2D eigenvalue weighted by atomic mass is 9.93. The maximum absolute atomic E-state index is 3.83. The van der Waals surface area contributed by atoms with E-state index in [0.29, 0.717) is 0 Å². The van der Waals surface area contributed by atoms with Gasteiger partial charge in [0, 0.05) is 23.5 Å². The number of para-hydroxylation sites is 3. The Balaban J connectivity index is 1.17. The molecule has 3 atom stereocenters. The topological polar surface area (TPSA) is 51.4 Å². The molecular weight excluding hydrogens is 502 g/mol. The van der Waals surface area contributed by atoms with Gasteiger partial charge >= 0.3 is 0 Å². The number of fused-ring (bicyclic) bond motifs is 5. The Bertz CT molecular complexity index is 1750. The first-order valence-electron chi connectivity index (χ1n) is 14.3. The SMILES string of the molecule is C1=CCNC(c2cc(-c3ccc(C4Nc5ccccc5C5Nc6ccccc6N45)cc3)cc(C3C=CC=CN3)c2)=C1. The summed E-state index contributed by atoms with van der Waals surface area (Å²) in [5.41, 5.74) is 12.1. The van der Waals surface area contributed by atoms with Crippen LogP contribution in [0.2, 0.25) is 0 Å². The zero-order valence-electron chi connectivity index (χ0n) is 22.6. The van der Waals surface area contributed by atoms with Crippen molar-refractivity contribution in [2.45, 2.75) is 18.4 Å². The molecule has 4 heterocycles. The Kier molecular flexibility index (Phi) is 5.66. The molecule has 4 aliphatic heterocycles. The number of dihydropyridines is 2. The Labute approximate surface area is 240 Å². The summed E-state index contributed by atoms with van der Waals surface area (Å²) < 4.78 is 0.